The summed E-state index contributed by atoms with van der Waals surface area (Å²) >= 11 is 3.71. The minimum absolute atomic E-state index is 0.137. The Hall–Kier alpha value is -7.24. The Morgan fingerprint density at radius 2 is 0.800 bits per heavy atom. The molecule has 4 heterocycles. The number of furan rings is 2. The third-order valence-electron chi connectivity index (χ3n) is 15.6. The van der Waals surface area contributed by atoms with Crippen LogP contribution in [0, 0.1) is 5.92 Å². The Labute approximate surface area is 416 Å². The summed E-state index contributed by atoms with van der Waals surface area (Å²) in [4.78, 5) is 5.04. The van der Waals surface area contributed by atoms with Gasteiger partial charge < -0.3 is 8.83 Å². The molecule has 4 aromatic heterocycles. The van der Waals surface area contributed by atoms with E-state index in [4.69, 9.17) is 8.83 Å². The summed E-state index contributed by atoms with van der Waals surface area (Å²) < 4.78 is 13.2. The molecule has 4 heteroatoms. The summed E-state index contributed by atoms with van der Waals surface area (Å²) in [6.07, 6.45) is 1.09. The molecular formula is C66H50O2S2. The maximum Gasteiger partial charge on any atom is 0.136 e. The first kappa shape index (κ1) is 41.7. The highest BCUT2D eigenvalue weighted by Gasteiger charge is 2.38. The van der Waals surface area contributed by atoms with Crippen molar-refractivity contribution in [3.8, 4) is 75.1 Å². The standard InChI is InChI=1S/C66H50O2S2/c1-37(2)27-38-11-10-14-40(28-38)42-16-20-46-48-36-60-52(34-56(48)66(5,6)54(46)32-42)50-30-44(18-22-58(50)68-60)62-24-26-64(70-62)63-25-23-61(69-63)43-17-21-57-49(29-43)51-33-55-47(35-59(51)67-57)45-19-15-41(31-53(45)65(55,3)4)39-12-8-7-9-13-39/h7-26,28-37H,27H2,1-6H3. The van der Waals surface area contributed by atoms with Gasteiger partial charge in [-0.05, 0) is 193 Å². The Balaban J connectivity index is 0.752. The molecule has 14 rings (SSSR count). The van der Waals surface area contributed by atoms with Crippen LogP contribution in [0.5, 0.6) is 0 Å². The highest BCUT2D eigenvalue weighted by molar-refractivity contribution is 7.25. The van der Waals surface area contributed by atoms with E-state index in [1.165, 1.54) is 114 Å². The van der Waals surface area contributed by atoms with E-state index in [0.717, 1.165) is 39.5 Å². The van der Waals surface area contributed by atoms with Gasteiger partial charge in [-0.1, -0.05) is 120 Å². The Kier molecular flexibility index (Phi) is 9.01. The molecule has 8 aromatic carbocycles. The minimum Gasteiger partial charge on any atom is -0.456 e. The average molecular weight is 939 g/mol. The second-order valence-corrected chi connectivity index (χ2v) is 23.3. The molecule has 0 bridgehead atoms. The van der Waals surface area contributed by atoms with Crippen LogP contribution in [0.25, 0.3) is 119 Å². The zero-order valence-electron chi connectivity index (χ0n) is 40.2. The van der Waals surface area contributed by atoms with Gasteiger partial charge in [-0.25, -0.2) is 0 Å². The third kappa shape index (κ3) is 6.36. The monoisotopic (exact) mass is 938 g/mol. The molecule has 0 radical (unpaired) electrons. The number of rotatable bonds is 7. The number of thiophene rings is 2. The normalized spacial score (nSPS) is 14.3. The lowest BCUT2D eigenvalue weighted by atomic mass is 9.81. The molecule has 2 aliphatic rings. The largest absolute Gasteiger partial charge is 0.456 e. The van der Waals surface area contributed by atoms with Crippen LogP contribution in [0.15, 0.2) is 185 Å². The van der Waals surface area contributed by atoms with E-state index in [1.54, 1.807) is 0 Å². The lowest BCUT2D eigenvalue weighted by Gasteiger charge is -2.22. The van der Waals surface area contributed by atoms with Crippen LogP contribution in [-0.4, -0.2) is 0 Å². The van der Waals surface area contributed by atoms with E-state index in [-0.39, 0.29) is 10.8 Å². The molecule has 0 atom stereocenters. The van der Waals surface area contributed by atoms with E-state index in [0.29, 0.717) is 5.92 Å². The first-order valence-electron chi connectivity index (χ1n) is 24.6. The van der Waals surface area contributed by atoms with Crippen LogP contribution in [-0.2, 0) is 17.3 Å². The molecule has 0 spiro atoms. The lowest BCUT2D eigenvalue weighted by molar-refractivity contribution is 0.647. The van der Waals surface area contributed by atoms with Crippen molar-refractivity contribution in [1.82, 2.24) is 0 Å². The highest BCUT2D eigenvalue weighted by Crippen LogP contribution is 2.54. The summed E-state index contributed by atoms with van der Waals surface area (Å²) in [6.45, 7) is 14.1. The molecule has 0 aliphatic heterocycles. The van der Waals surface area contributed by atoms with Gasteiger partial charge >= 0.3 is 0 Å². The van der Waals surface area contributed by atoms with Crippen molar-refractivity contribution in [3.63, 3.8) is 0 Å². The van der Waals surface area contributed by atoms with Crippen LogP contribution in [0.4, 0.5) is 0 Å². The maximum absolute atomic E-state index is 6.61. The topological polar surface area (TPSA) is 26.3 Å². The van der Waals surface area contributed by atoms with E-state index in [9.17, 15) is 0 Å². The van der Waals surface area contributed by atoms with Gasteiger partial charge in [0.1, 0.15) is 22.3 Å². The molecule has 0 fully saturated rings. The number of benzene rings is 8. The second-order valence-electron chi connectivity index (χ2n) is 21.2. The zero-order chi connectivity index (χ0) is 47.2. The highest BCUT2D eigenvalue weighted by atomic mass is 32.1. The molecule has 2 nitrogen and oxygen atoms in total. The fourth-order valence-corrected chi connectivity index (χ4v) is 14.0. The first-order valence-corrected chi connectivity index (χ1v) is 26.2. The summed E-state index contributed by atoms with van der Waals surface area (Å²) in [5, 5.41) is 4.67. The minimum atomic E-state index is -0.148. The zero-order valence-corrected chi connectivity index (χ0v) is 41.8. The van der Waals surface area contributed by atoms with Crippen molar-refractivity contribution < 1.29 is 8.83 Å². The van der Waals surface area contributed by atoms with Crippen molar-refractivity contribution in [2.45, 2.75) is 58.8 Å². The summed E-state index contributed by atoms with van der Waals surface area (Å²) in [5.74, 6) is 0.627. The molecule has 338 valence electrons. The summed E-state index contributed by atoms with van der Waals surface area (Å²) in [6, 6.07) is 65.7. The third-order valence-corrected chi connectivity index (χ3v) is 18.0. The Morgan fingerprint density at radius 1 is 0.357 bits per heavy atom. The first-order chi connectivity index (χ1) is 33.9. The molecule has 0 unspecified atom stereocenters. The summed E-state index contributed by atoms with van der Waals surface area (Å²) in [5.41, 5.74) is 22.9. The van der Waals surface area contributed by atoms with Crippen molar-refractivity contribution in [2.24, 2.45) is 5.92 Å². The lowest BCUT2D eigenvalue weighted by Crippen LogP contribution is -2.15. The molecule has 0 N–H and O–H groups in total. The molecule has 12 aromatic rings. The number of hydrogen-bond acceptors (Lipinski definition) is 4. The van der Waals surface area contributed by atoms with Crippen molar-refractivity contribution in [1.29, 1.82) is 0 Å². The molecule has 2 aliphatic carbocycles. The SMILES string of the molecule is CC(C)Cc1cccc(-c2ccc3c(c2)C(C)(C)c2cc4c(cc2-3)oc2ccc(-c3ccc(-c5ccc(-c6ccc7oc8cc9c(cc8c7c6)C(C)(C)c6cc(-c7ccccc7)ccc6-9)s5)s3)cc24)c1. The van der Waals surface area contributed by atoms with Gasteiger partial charge in [0.2, 0.25) is 0 Å². The fourth-order valence-electron chi connectivity index (χ4n) is 11.9. The smallest absolute Gasteiger partial charge is 0.136 e. The second kappa shape index (κ2) is 15.1. The van der Waals surface area contributed by atoms with Crippen LogP contribution in [0.1, 0.15) is 69.4 Å². The van der Waals surface area contributed by atoms with Gasteiger partial charge in [0.25, 0.3) is 0 Å². The number of fused-ring (bicyclic) bond motifs is 12. The van der Waals surface area contributed by atoms with Gasteiger partial charge in [0.15, 0.2) is 0 Å². The Bertz CT molecular complexity index is 4130. The van der Waals surface area contributed by atoms with Crippen LogP contribution in [0.2, 0.25) is 0 Å². The van der Waals surface area contributed by atoms with Gasteiger partial charge in [0, 0.05) is 51.9 Å². The van der Waals surface area contributed by atoms with E-state index in [1.807, 2.05) is 22.7 Å². The van der Waals surface area contributed by atoms with E-state index >= 15 is 0 Å². The van der Waals surface area contributed by atoms with E-state index in [2.05, 4.69) is 217 Å². The van der Waals surface area contributed by atoms with Crippen molar-refractivity contribution in [2.75, 3.05) is 0 Å². The average Bonchev–Trinajstić information content (AvgIpc) is 4.24. The Morgan fingerprint density at radius 3 is 1.33 bits per heavy atom. The van der Waals surface area contributed by atoms with Crippen LogP contribution in [0.3, 0.4) is 0 Å². The molecule has 0 saturated carbocycles. The van der Waals surface area contributed by atoms with Gasteiger partial charge in [-0.3, -0.25) is 0 Å². The molecule has 70 heavy (non-hydrogen) atoms. The van der Waals surface area contributed by atoms with Crippen LogP contribution < -0.4 is 0 Å². The quantitative estimate of drug-likeness (QED) is 0.159. The fraction of sp³-hybridized carbons (Fsp3) is 0.152. The van der Waals surface area contributed by atoms with E-state index < -0.39 is 0 Å². The maximum atomic E-state index is 6.61. The summed E-state index contributed by atoms with van der Waals surface area (Å²) in [7, 11) is 0. The van der Waals surface area contributed by atoms with Gasteiger partial charge in [-0.15, -0.1) is 22.7 Å². The molecule has 0 amide bonds. The van der Waals surface area contributed by atoms with Crippen molar-refractivity contribution in [3.05, 3.63) is 204 Å². The van der Waals surface area contributed by atoms with Gasteiger partial charge in [0.05, 0.1) is 0 Å². The van der Waals surface area contributed by atoms with Crippen molar-refractivity contribution >= 4 is 66.6 Å². The van der Waals surface area contributed by atoms with Crippen LogP contribution >= 0.6 is 22.7 Å². The predicted octanol–water partition coefficient (Wildman–Crippen LogP) is 19.8. The molecule has 0 saturated heterocycles. The molecular weight excluding hydrogens is 889 g/mol. The number of hydrogen-bond donors (Lipinski definition) is 0. The van der Waals surface area contributed by atoms with Gasteiger partial charge in [-0.2, -0.15) is 0 Å². The predicted molar refractivity (Wildman–Crippen MR) is 298 cm³/mol.